The van der Waals surface area contributed by atoms with Crippen LogP contribution in [0.5, 0.6) is 0 Å². The molecule has 132 valence electrons. The average molecular weight is 334 g/mol. The number of carbonyl (C=O) groups is 3. The van der Waals surface area contributed by atoms with E-state index in [-0.39, 0.29) is 35.5 Å². The molecule has 6 nitrogen and oxygen atoms in total. The minimum atomic E-state index is -0.717. The number of fused-ring (bicyclic) bond motifs is 5. The summed E-state index contributed by atoms with van der Waals surface area (Å²) in [4.78, 5) is 41.6. The van der Waals surface area contributed by atoms with Gasteiger partial charge in [-0.05, 0) is 24.7 Å². The largest absolute Gasteiger partial charge is 0.432 e. The summed E-state index contributed by atoms with van der Waals surface area (Å²) >= 11 is 0. The molecule has 2 aliphatic carbocycles. The second kappa shape index (κ2) is 7.36. The van der Waals surface area contributed by atoms with Gasteiger partial charge in [-0.15, -0.1) is 5.06 Å². The van der Waals surface area contributed by atoms with Crippen LogP contribution in [0.2, 0.25) is 0 Å². The van der Waals surface area contributed by atoms with E-state index in [1.54, 1.807) is 0 Å². The molecule has 1 N–H and O–H groups in total. The molecule has 1 saturated heterocycles. The highest BCUT2D eigenvalue weighted by atomic mass is 16.7. The van der Waals surface area contributed by atoms with Gasteiger partial charge in [-0.1, -0.05) is 51.2 Å². The normalized spacial score (nSPS) is 30.1. The Morgan fingerprint density at radius 3 is 2.29 bits per heavy atom. The molecule has 4 unspecified atom stereocenters. The third-order valence-electron chi connectivity index (χ3n) is 5.40. The van der Waals surface area contributed by atoms with Crippen molar-refractivity contribution >= 4 is 17.9 Å². The van der Waals surface area contributed by atoms with Crippen LogP contribution < -0.4 is 5.32 Å². The zero-order valence-corrected chi connectivity index (χ0v) is 14.2. The maximum absolute atomic E-state index is 12.4. The fraction of sp³-hybridized carbons (Fsp3) is 0.722. The van der Waals surface area contributed by atoms with Crippen molar-refractivity contribution in [1.29, 1.82) is 0 Å². The number of rotatable bonds is 8. The van der Waals surface area contributed by atoms with Gasteiger partial charge in [-0.2, -0.15) is 0 Å². The number of imide groups is 1. The summed E-state index contributed by atoms with van der Waals surface area (Å²) in [5.41, 5.74) is 0. The van der Waals surface area contributed by atoms with Crippen LogP contribution in [-0.2, 0) is 14.4 Å². The highest BCUT2D eigenvalue weighted by Crippen LogP contribution is 2.52. The third kappa shape index (κ3) is 3.19. The molecule has 2 bridgehead atoms. The Kier molecular flexibility index (Phi) is 5.21. The zero-order valence-electron chi connectivity index (χ0n) is 14.2. The molecule has 1 heterocycles. The van der Waals surface area contributed by atoms with E-state index in [1.165, 1.54) is 19.3 Å². The first-order valence-electron chi connectivity index (χ1n) is 9.15. The molecular formula is C18H26N2O4. The number of hydrogen-bond donors (Lipinski definition) is 1. The van der Waals surface area contributed by atoms with Crippen molar-refractivity contribution in [1.82, 2.24) is 10.4 Å². The molecule has 0 radical (unpaired) electrons. The quantitative estimate of drug-likeness (QED) is 0.421. The molecule has 2 fully saturated rings. The summed E-state index contributed by atoms with van der Waals surface area (Å²) < 4.78 is 0. The first-order valence-corrected chi connectivity index (χ1v) is 9.15. The number of allylic oxidation sites excluding steroid dienone is 2. The number of hydrogen-bond acceptors (Lipinski definition) is 4. The number of nitrogens with one attached hydrogen (secondary N) is 1. The number of carbonyl (C=O) groups excluding carboxylic acids is 3. The van der Waals surface area contributed by atoms with Crippen molar-refractivity contribution in [3.8, 4) is 0 Å². The monoisotopic (exact) mass is 334 g/mol. The maximum Gasteiger partial charge on any atom is 0.432 e. The van der Waals surface area contributed by atoms with E-state index in [9.17, 15) is 14.4 Å². The smallest absolute Gasteiger partial charge is 0.320 e. The molecule has 24 heavy (non-hydrogen) atoms. The molecular weight excluding hydrogens is 308 g/mol. The molecule has 6 heteroatoms. The van der Waals surface area contributed by atoms with Crippen LogP contribution in [0.4, 0.5) is 4.79 Å². The predicted octanol–water partition coefficient (Wildman–Crippen LogP) is 2.80. The SMILES string of the molecule is CCCCCCCCNC(=O)ON1C(=O)C2C3C=CC(C3)C2C1=O. The Morgan fingerprint density at radius 2 is 1.67 bits per heavy atom. The van der Waals surface area contributed by atoms with Crippen molar-refractivity contribution in [2.45, 2.75) is 51.9 Å². The fourth-order valence-corrected chi connectivity index (χ4v) is 4.18. The van der Waals surface area contributed by atoms with E-state index in [4.69, 9.17) is 4.84 Å². The number of amides is 3. The van der Waals surface area contributed by atoms with E-state index in [2.05, 4.69) is 12.2 Å². The van der Waals surface area contributed by atoms with Gasteiger partial charge in [0, 0.05) is 6.54 Å². The van der Waals surface area contributed by atoms with E-state index in [1.807, 2.05) is 12.2 Å². The lowest BCUT2D eigenvalue weighted by Crippen LogP contribution is -2.39. The summed E-state index contributed by atoms with van der Waals surface area (Å²) in [6.45, 7) is 2.68. The highest BCUT2D eigenvalue weighted by molar-refractivity contribution is 6.06. The van der Waals surface area contributed by atoms with E-state index in [0.29, 0.717) is 11.6 Å². The van der Waals surface area contributed by atoms with Crippen LogP contribution in [0.15, 0.2) is 12.2 Å². The molecule has 4 atom stereocenters. The minimum absolute atomic E-state index is 0.122. The minimum Gasteiger partial charge on any atom is -0.320 e. The van der Waals surface area contributed by atoms with E-state index in [0.717, 1.165) is 25.7 Å². The Balaban J connectivity index is 1.40. The van der Waals surface area contributed by atoms with E-state index >= 15 is 0 Å². The van der Waals surface area contributed by atoms with Gasteiger partial charge in [-0.3, -0.25) is 9.59 Å². The second-order valence-electron chi connectivity index (χ2n) is 7.04. The Bertz CT molecular complexity index is 515. The van der Waals surface area contributed by atoms with Crippen LogP contribution in [0.1, 0.15) is 51.9 Å². The van der Waals surface area contributed by atoms with Crippen molar-refractivity contribution in [2.75, 3.05) is 6.54 Å². The zero-order chi connectivity index (χ0) is 17.1. The van der Waals surface area contributed by atoms with Gasteiger partial charge in [-0.25, -0.2) is 4.79 Å². The van der Waals surface area contributed by atoms with Crippen LogP contribution in [0.3, 0.4) is 0 Å². The molecule has 3 amide bonds. The highest BCUT2D eigenvalue weighted by Gasteiger charge is 2.60. The summed E-state index contributed by atoms with van der Waals surface area (Å²) in [5, 5.41) is 3.31. The van der Waals surface area contributed by atoms with Crippen LogP contribution in [0, 0.1) is 23.7 Å². The Hall–Kier alpha value is -1.85. The molecule has 1 aliphatic heterocycles. The number of hydroxylamine groups is 2. The Morgan fingerprint density at radius 1 is 1.08 bits per heavy atom. The van der Waals surface area contributed by atoms with Gasteiger partial charge in [0.15, 0.2) is 0 Å². The molecule has 0 aromatic carbocycles. The molecule has 3 aliphatic rings. The van der Waals surface area contributed by atoms with Crippen LogP contribution in [0.25, 0.3) is 0 Å². The van der Waals surface area contributed by atoms with Gasteiger partial charge >= 0.3 is 6.09 Å². The summed E-state index contributed by atoms with van der Waals surface area (Å²) in [6, 6.07) is 0. The number of nitrogens with zero attached hydrogens (tertiary/aromatic N) is 1. The first-order chi connectivity index (χ1) is 11.6. The topological polar surface area (TPSA) is 75.7 Å². The molecule has 0 aromatic heterocycles. The van der Waals surface area contributed by atoms with E-state index < -0.39 is 6.09 Å². The van der Waals surface area contributed by atoms with Gasteiger partial charge < -0.3 is 10.2 Å². The predicted molar refractivity (Wildman–Crippen MR) is 87.4 cm³/mol. The standard InChI is InChI=1S/C18H26N2O4/c1-2-3-4-5-6-7-10-19-18(23)24-20-16(21)14-12-8-9-13(11-12)15(14)17(20)22/h8-9,12-15H,2-7,10-11H2,1H3,(H,19,23). The van der Waals surface area contributed by atoms with Gasteiger partial charge in [0.25, 0.3) is 11.8 Å². The average Bonchev–Trinajstić information content (AvgIpc) is 3.24. The lowest BCUT2D eigenvalue weighted by molar-refractivity contribution is -0.174. The van der Waals surface area contributed by atoms with Crippen molar-refractivity contribution in [2.24, 2.45) is 23.7 Å². The molecule has 0 spiro atoms. The second-order valence-corrected chi connectivity index (χ2v) is 7.04. The van der Waals surface area contributed by atoms with Crippen LogP contribution >= 0.6 is 0 Å². The Labute approximate surface area is 142 Å². The van der Waals surface area contributed by atoms with Crippen molar-refractivity contribution in [3.05, 3.63) is 12.2 Å². The maximum atomic E-state index is 12.4. The van der Waals surface area contributed by atoms with Crippen molar-refractivity contribution < 1.29 is 19.2 Å². The fourth-order valence-electron chi connectivity index (χ4n) is 4.18. The first kappa shape index (κ1) is 17.0. The number of unbranched alkanes of at least 4 members (excludes halogenated alkanes) is 5. The summed E-state index contributed by atoms with van der Waals surface area (Å²) in [6.07, 6.45) is 10.9. The summed E-state index contributed by atoms with van der Waals surface area (Å²) in [5.74, 6) is -1.15. The third-order valence-corrected chi connectivity index (χ3v) is 5.40. The molecule has 3 rings (SSSR count). The van der Waals surface area contributed by atoms with Gasteiger partial charge in [0.1, 0.15) is 0 Å². The van der Waals surface area contributed by atoms with Gasteiger partial charge in [0.2, 0.25) is 0 Å². The molecule has 1 saturated carbocycles. The lowest BCUT2D eigenvalue weighted by Gasteiger charge is -2.16. The van der Waals surface area contributed by atoms with Gasteiger partial charge in [0.05, 0.1) is 11.8 Å². The molecule has 0 aromatic rings. The lowest BCUT2D eigenvalue weighted by atomic mass is 9.85. The van der Waals surface area contributed by atoms with Crippen molar-refractivity contribution in [3.63, 3.8) is 0 Å². The summed E-state index contributed by atoms with van der Waals surface area (Å²) in [7, 11) is 0. The van der Waals surface area contributed by atoms with Crippen LogP contribution in [-0.4, -0.2) is 29.5 Å².